The summed E-state index contributed by atoms with van der Waals surface area (Å²) in [5, 5.41) is 7.05. The molecule has 0 spiro atoms. The van der Waals surface area contributed by atoms with E-state index in [2.05, 4.69) is 46.2 Å². The van der Waals surface area contributed by atoms with Crippen molar-refractivity contribution in [2.75, 3.05) is 0 Å². The molecule has 0 radical (unpaired) electrons. The molecule has 24 heavy (non-hydrogen) atoms. The monoisotopic (exact) mass is 329 g/mol. The topological polar surface area (TPSA) is 79.6 Å². The Morgan fingerprint density at radius 1 is 1.21 bits per heavy atom. The standard InChI is InChI=1S/C17H20FN5O/c1-17(2,3)13-8-20-14(21-13)9-19-10-15-22-16(24-23-15)11-6-4-5-7-12(11)18/h4-8,19H,9-10H2,1-3H3,(H,20,21). The summed E-state index contributed by atoms with van der Waals surface area (Å²) in [5.74, 6) is 1.11. The second-order valence-electron chi connectivity index (χ2n) is 6.59. The van der Waals surface area contributed by atoms with Crippen LogP contribution in [0.4, 0.5) is 4.39 Å². The van der Waals surface area contributed by atoms with Crippen molar-refractivity contribution in [3.05, 3.63) is 53.6 Å². The molecule has 0 fully saturated rings. The highest BCUT2D eigenvalue weighted by molar-refractivity contribution is 5.53. The quantitative estimate of drug-likeness (QED) is 0.751. The third kappa shape index (κ3) is 3.68. The first-order chi connectivity index (χ1) is 11.4. The molecule has 0 atom stereocenters. The lowest BCUT2D eigenvalue weighted by atomic mass is 9.93. The van der Waals surface area contributed by atoms with Crippen molar-refractivity contribution < 1.29 is 8.91 Å². The molecule has 126 valence electrons. The number of rotatable bonds is 5. The summed E-state index contributed by atoms with van der Waals surface area (Å²) in [6, 6.07) is 6.31. The van der Waals surface area contributed by atoms with E-state index in [-0.39, 0.29) is 17.1 Å². The van der Waals surface area contributed by atoms with Gasteiger partial charge in [0, 0.05) is 17.3 Å². The van der Waals surface area contributed by atoms with Crippen LogP contribution in [0.2, 0.25) is 0 Å². The van der Waals surface area contributed by atoms with Crippen molar-refractivity contribution in [1.29, 1.82) is 0 Å². The average molecular weight is 329 g/mol. The number of H-pyrrole nitrogens is 1. The van der Waals surface area contributed by atoms with E-state index in [1.165, 1.54) is 6.07 Å². The molecule has 0 aliphatic carbocycles. The zero-order chi connectivity index (χ0) is 17.2. The lowest BCUT2D eigenvalue weighted by Gasteiger charge is -2.15. The van der Waals surface area contributed by atoms with Crippen molar-refractivity contribution in [3.63, 3.8) is 0 Å². The molecule has 0 aliphatic heterocycles. The van der Waals surface area contributed by atoms with Crippen molar-refractivity contribution in [1.82, 2.24) is 25.4 Å². The van der Waals surface area contributed by atoms with E-state index in [4.69, 9.17) is 4.52 Å². The third-order valence-electron chi connectivity index (χ3n) is 3.58. The predicted octanol–water partition coefficient (Wildman–Crippen LogP) is 3.19. The van der Waals surface area contributed by atoms with Crippen LogP contribution in [0.5, 0.6) is 0 Å². The van der Waals surface area contributed by atoms with Gasteiger partial charge in [0.25, 0.3) is 5.89 Å². The lowest BCUT2D eigenvalue weighted by molar-refractivity contribution is 0.417. The molecule has 6 nitrogen and oxygen atoms in total. The number of benzene rings is 1. The maximum Gasteiger partial charge on any atom is 0.260 e. The number of imidazole rings is 1. The van der Waals surface area contributed by atoms with Crippen molar-refractivity contribution in [3.8, 4) is 11.5 Å². The Labute approximate surface area is 139 Å². The Balaban J connectivity index is 1.58. The van der Waals surface area contributed by atoms with Crippen LogP contribution in [-0.4, -0.2) is 20.1 Å². The minimum Gasteiger partial charge on any atom is -0.344 e. The number of aromatic amines is 1. The molecule has 2 N–H and O–H groups in total. The molecule has 0 bridgehead atoms. The van der Waals surface area contributed by atoms with Gasteiger partial charge in [-0.05, 0) is 12.1 Å². The molecule has 2 heterocycles. The Bertz CT molecular complexity index is 818. The molecule has 3 aromatic rings. The maximum absolute atomic E-state index is 13.7. The van der Waals surface area contributed by atoms with Crippen LogP contribution in [0.1, 0.15) is 38.1 Å². The fourth-order valence-corrected chi connectivity index (χ4v) is 2.20. The first-order valence-electron chi connectivity index (χ1n) is 7.76. The van der Waals surface area contributed by atoms with Crippen LogP contribution in [0.15, 0.2) is 35.0 Å². The molecule has 7 heteroatoms. The van der Waals surface area contributed by atoms with E-state index in [0.717, 1.165) is 11.5 Å². The van der Waals surface area contributed by atoms with Crippen LogP contribution < -0.4 is 5.32 Å². The van der Waals surface area contributed by atoms with E-state index < -0.39 is 0 Å². The SMILES string of the molecule is CC(C)(C)c1cnc(CNCc2noc(-c3ccccc3F)n2)[nH]1. The van der Waals surface area contributed by atoms with Gasteiger partial charge >= 0.3 is 0 Å². The highest BCUT2D eigenvalue weighted by Gasteiger charge is 2.16. The molecule has 0 saturated heterocycles. The molecule has 0 amide bonds. The summed E-state index contributed by atoms with van der Waals surface area (Å²) in [4.78, 5) is 11.8. The number of aromatic nitrogens is 4. The zero-order valence-electron chi connectivity index (χ0n) is 13.9. The second kappa shape index (κ2) is 6.52. The van der Waals surface area contributed by atoms with Gasteiger partial charge in [-0.15, -0.1) is 0 Å². The fraction of sp³-hybridized carbons (Fsp3) is 0.353. The van der Waals surface area contributed by atoms with Gasteiger partial charge in [0.2, 0.25) is 0 Å². The smallest absolute Gasteiger partial charge is 0.260 e. The van der Waals surface area contributed by atoms with Gasteiger partial charge in [-0.3, -0.25) is 0 Å². The van der Waals surface area contributed by atoms with Gasteiger partial charge < -0.3 is 14.8 Å². The van der Waals surface area contributed by atoms with Gasteiger partial charge in [0.1, 0.15) is 11.6 Å². The maximum atomic E-state index is 13.7. The molecular formula is C17H20FN5O. The molecule has 1 aromatic carbocycles. The molecule has 0 aliphatic rings. The van der Waals surface area contributed by atoms with Crippen LogP contribution >= 0.6 is 0 Å². The summed E-state index contributed by atoms with van der Waals surface area (Å²) in [6.45, 7) is 7.34. The van der Waals surface area contributed by atoms with E-state index in [0.29, 0.717) is 24.5 Å². The highest BCUT2D eigenvalue weighted by Crippen LogP contribution is 2.21. The number of nitrogens with one attached hydrogen (secondary N) is 2. The number of hydrogen-bond acceptors (Lipinski definition) is 5. The van der Waals surface area contributed by atoms with Crippen molar-refractivity contribution in [2.45, 2.75) is 39.3 Å². The first kappa shape index (κ1) is 16.3. The molecular weight excluding hydrogens is 309 g/mol. The predicted molar refractivity (Wildman–Crippen MR) is 87.5 cm³/mol. The summed E-state index contributed by atoms with van der Waals surface area (Å²) in [5.41, 5.74) is 1.42. The van der Waals surface area contributed by atoms with E-state index in [9.17, 15) is 4.39 Å². The third-order valence-corrected chi connectivity index (χ3v) is 3.58. The summed E-state index contributed by atoms with van der Waals surface area (Å²) >= 11 is 0. The largest absolute Gasteiger partial charge is 0.344 e. The Morgan fingerprint density at radius 3 is 2.71 bits per heavy atom. The van der Waals surface area contributed by atoms with Gasteiger partial charge in [-0.2, -0.15) is 4.98 Å². The lowest BCUT2D eigenvalue weighted by Crippen LogP contribution is -2.15. The first-order valence-corrected chi connectivity index (χ1v) is 7.76. The Kier molecular flexibility index (Phi) is 4.44. The Hall–Kier alpha value is -2.54. The number of nitrogens with zero attached hydrogens (tertiary/aromatic N) is 3. The molecule has 3 rings (SSSR count). The second-order valence-corrected chi connectivity index (χ2v) is 6.59. The van der Waals surface area contributed by atoms with Crippen molar-refractivity contribution >= 4 is 0 Å². The van der Waals surface area contributed by atoms with E-state index >= 15 is 0 Å². The minimum atomic E-state index is -0.383. The Morgan fingerprint density at radius 2 is 2.00 bits per heavy atom. The van der Waals surface area contributed by atoms with Gasteiger partial charge in [-0.1, -0.05) is 38.1 Å². The van der Waals surface area contributed by atoms with Gasteiger partial charge in [0.15, 0.2) is 5.82 Å². The van der Waals surface area contributed by atoms with E-state index in [1.807, 2.05) is 6.20 Å². The van der Waals surface area contributed by atoms with E-state index in [1.54, 1.807) is 18.2 Å². The number of halogens is 1. The van der Waals surface area contributed by atoms with Crippen LogP contribution in [0, 0.1) is 5.82 Å². The average Bonchev–Trinajstić information content (AvgIpc) is 3.17. The van der Waals surface area contributed by atoms with Gasteiger partial charge in [-0.25, -0.2) is 9.37 Å². The van der Waals surface area contributed by atoms with Crippen molar-refractivity contribution in [2.24, 2.45) is 0 Å². The van der Waals surface area contributed by atoms with Crippen LogP contribution in [0.3, 0.4) is 0 Å². The normalized spacial score (nSPS) is 11.8. The zero-order valence-corrected chi connectivity index (χ0v) is 13.9. The van der Waals surface area contributed by atoms with Crippen LogP contribution in [-0.2, 0) is 18.5 Å². The van der Waals surface area contributed by atoms with Gasteiger partial charge in [0.05, 0.1) is 18.7 Å². The molecule has 0 saturated carbocycles. The highest BCUT2D eigenvalue weighted by atomic mass is 19.1. The summed E-state index contributed by atoms with van der Waals surface area (Å²) < 4.78 is 18.8. The molecule has 2 aromatic heterocycles. The fourth-order valence-electron chi connectivity index (χ4n) is 2.20. The van der Waals surface area contributed by atoms with Crippen LogP contribution in [0.25, 0.3) is 11.5 Å². The summed E-state index contributed by atoms with van der Waals surface area (Å²) in [6.07, 6.45) is 1.85. The minimum absolute atomic E-state index is 0.0353. The summed E-state index contributed by atoms with van der Waals surface area (Å²) in [7, 11) is 0. The number of hydrogen-bond donors (Lipinski definition) is 2. The molecule has 0 unspecified atom stereocenters.